The first-order chi connectivity index (χ1) is 6.11. The number of halogens is 1. The molecule has 6 heteroatoms. The number of rotatable bonds is 0. The van der Waals surface area contributed by atoms with E-state index in [1.807, 2.05) is 0 Å². The molecule has 2 aromatic heterocycles. The van der Waals surface area contributed by atoms with Crippen molar-refractivity contribution in [1.29, 1.82) is 0 Å². The van der Waals surface area contributed by atoms with Gasteiger partial charge in [0, 0.05) is 0 Å². The molecule has 0 unspecified atom stereocenters. The van der Waals surface area contributed by atoms with Gasteiger partial charge in [0.25, 0.3) is 5.56 Å². The van der Waals surface area contributed by atoms with E-state index in [1.165, 1.54) is 17.6 Å². The largest absolute Gasteiger partial charge is 0.493 e. The maximum atomic E-state index is 11.2. The number of aromatic nitrogens is 3. The molecule has 13 heavy (non-hydrogen) atoms. The smallest absolute Gasteiger partial charge is 0.257 e. The summed E-state index contributed by atoms with van der Waals surface area (Å²) >= 11 is 3.20. The highest BCUT2D eigenvalue weighted by Crippen LogP contribution is 2.19. The fourth-order valence-corrected chi connectivity index (χ4v) is 1.42. The fourth-order valence-electron chi connectivity index (χ4n) is 1.06. The van der Waals surface area contributed by atoms with Crippen LogP contribution in [0.25, 0.3) is 5.65 Å². The normalized spacial score (nSPS) is 10.9. The lowest BCUT2D eigenvalue weighted by Gasteiger charge is -1.99. The van der Waals surface area contributed by atoms with E-state index in [0.717, 1.165) is 0 Å². The minimum Gasteiger partial charge on any atom is -0.493 e. The van der Waals surface area contributed by atoms with Crippen LogP contribution in [0.1, 0.15) is 5.56 Å². The summed E-state index contributed by atoms with van der Waals surface area (Å²) in [6.45, 7) is 1.53. The van der Waals surface area contributed by atoms with Gasteiger partial charge in [-0.3, -0.25) is 4.79 Å². The molecule has 0 fully saturated rings. The monoisotopic (exact) mass is 243 g/mol. The Kier molecular flexibility index (Phi) is 1.66. The summed E-state index contributed by atoms with van der Waals surface area (Å²) in [6.07, 6.45) is 1.50. The molecule has 0 aliphatic heterocycles. The number of aromatic amines is 1. The number of fused-ring (bicyclic) bond motifs is 1. The van der Waals surface area contributed by atoms with Crippen molar-refractivity contribution in [3.05, 3.63) is 26.6 Å². The Hall–Kier alpha value is -1.30. The lowest BCUT2D eigenvalue weighted by atomic mass is 10.3. The molecule has 0 radical (unpaired) electrons. The van der Waals surface area contributed by atoms with Gasteiger partial charge >= 0.3 is 0 Å². The summed E-state index contributed by atoms with van der Waals surface area (Å²) in [6, 6.07) is 0. The highest BCUT2D eigenvalue weighted by atomic mass is 79.9. The fraction of sp³-hybridized carbons (Fsp3) is 0.143. The second-order valence-electron chi connectivity index (χ2n) is 2.66. The third-order valence-corrected chi connectivity index (χ3v) is 2.41. The van der Waals surface area contributed by atoms with Gasteiger partial charge in [-0.2, -0.15) is 9.61 Å². The average molecular weight is 244 g/mol. The number of hydrogen-bond donors (Lipinski definition) is 2. The first kappa shape index (κ1) is 8.31. The maximum absolute atomic E-state index is 11.2. The van der Waals surface area contributed by atoms with Crippen molar-refractivity contribution < 1.29 is 5.11 Å². The number of nitrogens with zero attached hydrogens (tertiary/aromatic N) is 2. The molecule has 0 atom stereocenters. The molecule has 0 saturated carbocycles. The van der Waals surface area contributed by atoms with Gasteiger partial charge in [-0.1, -0.05) is 0 Å². The van der Waals surface area contributed by atoms with E-state index < -0.39 is 0 Å². The lowest BCUT2D eigenvalue weighted by molar-refractivity contribution is 0.429. The predicted molar refractivity (Wildman–Crippen MR) is 49.9 cm³/mol. The van der Waals surface area contributed by atoms with Gasteiger partial charge in [0.05, 0.1) is 16.2 Å². The quantitative estimate of drug-likeness (QED) is 0.720. The second-order valence-corrected chi connectivity index (χ2v) is 3.51. The van der Waals surface area contributed by atoms with Crippen molar-refractivity contribution in [3.63, 3.8) is 0 Å². The van der Waals surface area contributed by atoms with Crippen molar-refractivity contribution in [3.8, 4) is 5.88 Å². The molecule has 2 rings (SSSR count). The molecule has 2 heterocycles. The standard InChI is InChI=1S/C7H6BrN3O2/c1-3-6(12)10-5-4(8)2-9-11(5)7(3)13/h2,13H,1H3,(H,10,12). The van der Waals surface area contributed by atoms with Crippen LogP contribution in [-0.4, -0.2) is 19.7 Å². The molecule has 0 bridgehead atoms. The molecule has 68 valence electrons. The second kappa shape index (κ2) is 2.59. The number of nitrogens with one attached hydrogen (secondary N) is 1. The van der Waals surface area contributed by atoms with Crippen molar-refractivity contribution >= 4 is 21.6 Å². The molecule has 0 amide bonds. The van der Waals surface area contributed by atoms with E-state index >= 15 is 0 Å². The van der Waals surface area contributed by atoms with Crippen molar-refractivity contribution in [2.45, 2.75) is 6.92 Å². The molecule has 0 spiro atoms. The summed E-state index contributed by atoms with van der Waals surface area (Å²) in [5.74, 6) is -0.135. The Balaban J connectivity index is 3.05. The zero-order chi connectivity index (χ0) is 9.59. The van der Waals surface area contributed by atoms with Crippen LogP contribution in [0.15, 0.2) is 15.5 Å². The maximum Gasteiger partial charge on any atom is 0.257 e. The van der Waals surface area contributed by atoms with Gasteiger partial charge in [0.2, 0.25) is 5.88 Å². The Morgan fingerprint density at radius 1 is 1.69 bits per heavy atom. The predicted octanol–water partition coefficient (Wildman–Crippen LogP) is 0.799. The lowest BCUT2D eigenvalue weighted by Crippen LogP contribution is -2.12. The number of H-pyrrole nitrogens is 1. The van der Waals surface area contributed by atoms with Crippen LogP contribution in [-0.2, 0) is 0 Å². The van der Waals surface area contributed by atoms with E-state index in [2.05, 4.69) is 26.0 Å². The van der Waals surface area contributed by atoms with E-state index in [1.54, 1.807) is 0 Å². The van der Waals surface area contributed by atoms with E-state index in [9.17, 15) is 9.90 Å². The van der Waals surface area contributed by atoms with Crippen LogP contribution in [0, 0.1) is 6.92 Å². The van der Waals surface area contributed by atoms with Gasteiger partial charge in [0.15, 0.2) is 5.65 Å². The summed E-state index contributed by atoms with van der Waals surface area (Å²) in [7, 11) is 0. The number of aromatic hydroxyl groups is 1. The molecule has 0 aliphatic rings. The SMILES string of the molecule is Cc1c(O)n2ncc(Br)c2[nH]c1=O. The van der Waals surface area contributed by atoms with Gasteiger partial charge in [-0.15, -0.1) is 0 Å². The summed E-state index contributed by atoms with van der Waals surface area (Å²) in [5.41, 5.74) is 0.391. The molecule has 0 aromatic carbocycles. The van der Waals surface area contributed by atoms with Crippen LogP contribution in [0.3, 0.4) is 0 Å². The Bertz CT molecular complexity index is 528. The van der Waals surface area contributed by atoms with E-state index in [4.69, 9.17) is 0 Å². The summed E-state index contributed by atoms with van der Waals surface area (Å²) in [5, 5.41) is 13.4. The Morgan fingerprint density at radius 2 is 2.38 bits per heavy atom. The van der Waals surface area contributed by atoms with Crippen molar-refractivity contribution in [1.82, 2.24) is 14.6 Å². The highest BCUT2D eigenvalue weighted by molar-refractivity contribution is 9.10. The van der Waals surface area contributed by atoms with Crippen LogP contribution in [0.5, 0.6) is 5.88 Å². The van der Waals surface area contributed by atoms with Crippen LogP contribution in [0.4, 0.5) is 0 Å². The van der Waals surface area contributed by atoms with Gasteiger partial charge in [-0.05, 0) is 22.9 Å². The topological polar surface area (TPSA) is 70.4 Å². The van der Waals surface area contributed by atoms with E-state index in [-0.39, 0.29) is 17.0 Å². The van der Waals surface area contributed by atoms with Crippen molar-refractivity contribution in [2.24, 2.45) is 0 Å². The third kappa shape index (κ3) is 1.06. The van der Waals surface area contributed by atoms with Crippen molar-refractivity contribution in [2.75, 3.05) is 0 Å². The first-order valence-electron chi connectivity index (χ1n) is 3.56. The molecule has 0 aliphatic carbocycles. The molecular weight excluding hydrogens is 238 g/mol. The summed E-state index contributed by atoms with van der Waals surface area (Å²) < 4.78 is 1.90. The van der Waals surface area contributed by atoms with Gasteiger partial charge < -0.3 is 10.1 Å². The molecule has 5 nitrogen and oxygen atoms in total. The Labute approximate surface area is 81.1 Å². The Morgan fingerprint density at radius 3 is 3.08 bits per heavy atom. The van der Waals surface area contributed by atoms with Crippen LogP contribution >= 0.6 is 15.9 Å². The molecule has 0 saturated heterocycles. The average Bonchev–Trinajstić information content (AvgIpc) is 2.45. The zero-order valence-corrected chi connectivity index (χ0v) is 8.29. The van der Waals surface area contributed by atoms with Gasteiger partial charge in [-0.25, -0.2) is 0 Å². The van der Waals surface area contributed by atoms with E-state index in [0.29, 0.717) is 10.1 Å². The molecule has 2 aromatic rings. The minimum absolute atomic E-state index is 0.135. The highest BCUT2D eigenvalue weighted by Gasteiger charge is 2.10. The minimum atomic E-state index is -0.314. The third-order valence-electron chi connectivity index (χ3n) is 1.83. The molecule has 2 N–H and O–H groups in total. The van der Waals surface area contributed by atoms with Gasteiger partial charge in [0.1, 0.15) is 0 Å². The van der Waals surface area contributed by atoms with Crippen LogP contribution in [0.2, 0.25) is 0 Å². The number of hydrogen-bond acceptors (Lipinski definition) is 3. The van der Waals surface area contributed by atoms with Crippen LogP contribution < -0.4 is 5.56 Å². The summed E-state index contributed by atoms with van der Waals surface area (Å²) in [4.78, 5) is 13.8. The molecular formula is C7H6BrN3O2. The zero-order valence-electron chi connectivity index (χ0n) is 6.71. The first-order valence-corrected chi connectivity index (χ1v) is 4.35.